The Balaban J connectivity index is 1.41. The van der Waals surface area contributed by atoms with Gasteiger partial charge in [-0.15, -0.1) is 0 Å². The molecule has 4 amide bonds. The number of nitrogens with zero attached hydrogens (tertiary/aromatic N) is 8. The number of allylic oxidation sites excluding steroid dienone is 2. The molecule has 318 valence electrons. The molecule has 23 nitrogen and oxygen atoms in total. The van der Waals surface area contributed by atoms with Gasteiger partial charge in [-0.25, -0.2) is 9.80 Å². The summed E-state index contributed by atoms with van der Waals surface area (Å²) < 4.78 is 11.3. The minimum absolute atomic E-state index is 0.000589. The van der Waals surface area contributed by atoms with Gasteiger partial charge in [0.15, 0.2) is 11.4 Å². The largest absolute Gasteiger partial charge is 0.508 e. The SMILES string of the molecule is COc1cc(O)cc(OC)c1[C@H]1C2=CC[C@@H]3C(=O)N(c4cc([N+](=O)[O-])c(N(C)C)c([N+](=O)[O-])c4)C(=O)[C@@H]3[C@@H]2C[C@H]2C(=O)N(c3cc([N+](=O)[O-])c(N(C)C)c([N+](=O)[O-])c3)C(=O)[C@@H]12. The van der Waals surface area contributed by atoms with Crippen molar-refractivity contribution in [3.05, 3.63) is 94.1 Å². The number of benzene rings is 3. The van der Waals surface area contributed by atoms with Gasteiger partial charge in [-0.05, 0) is 18.8 Å². The average Bonchev–Trinajstić information content (AvgIpc) is 3.61. The maximum Gasteiger partial charge on any atom is 0.301 e. The number of methoxy groups -OCH3 is 2. The van der Waals surface area contributed by atoms with Crippen molar-refractivity contribution in [2.75, 3.05) is 62.0 Å². The van der Waals surface area contributed by atoms with Crippen LogP contribution in [0, 0.1) is 70.0 Å². The zero-order chi connectivity index (χ0) is 44.7. The monoisotopic (exact) mass is 844 g/mol. The summed E-state index contributed by atoms with van der Waals surface area (Å²) in [7, 11) is 7.95. The molecular formula is C38H36N8O15. The zero-order valence-corrected chi connectivity index (χ0v) is 33.2. The number of carbonyl (C=O) groups is 4. The molecule has 3 aromatic carbocycles. The van der Waals surface area contributed by atoms with Gasteiger partial charge in [0, 0.05) is 76.1 Å². The van der Waals surface area contributed by atoms with Crippen molar-refractivity contribution >= 4 is 69.1 Å². The van der Waals surface area contributed by atoms with Gasteiger partial charge in [0.2, 0.25) is 23.6 Å². The van der Waals surface area contributed by atoms with Gasteiger partial charge in [-0.3, -0.25) is 59.6 Å². The minimum Gasteiger partial charge on any atom is -0.508 e. The fraction of sp³-hybridized carbons (Fsp3) is 0.368. The van der Waals surface area contributed by atoms with E-state index in [1.165, 1.54) is 54.5 Å². The summed E-state index contributed by atoms with van der Waals surface area (Å²) in [4.78, 5) is 108. The second kappa shape index (κ2) is 14.8. The molecule has 61 heavy (non-hydrogen) atoms. The second-order valence-electron chi connectivity index (χ2n) is 15.3. The van der Waals surface area contributed by atoms with Crippen LogP contribution in [-0.4, -0.2) is 90.8 Å². The molecule has 1 N–H and O–H groups in total. The first-order valence-electron chi connectivity index (χ1n) is 18.4. The average molecular weight is 845 g/mol. The lowest BCUT2D eigenvalue weighted by molar-refractivity contribution is -0.392. The van der Waals surface area contributed by atoms with Crippen LogP contribution in [0.25, 0.3) is 0 Å². The maximum atomic E-state index is 14.8. The molecule has 1 saturated carbocycles. The van der Waals surface area contributed by atoms with Crippen molar-refractivity contribution in [3.63, 3.8) is 0 Å². The Bertz CT molecular complexity index is 2460. The van der Waals surface area contributed by atoms with Crippen LogP contribution in [0.5, 0.6) is 17.2 Å². The molecule has 23 heteroatoms. The summed E-state index contributed by atoms with van der Waals surface area (Å²) in [6, 6.07) is 6.02. The van der Waals surface area contributed by atoms with E-state index < -0.39 is 119 Å². The minimum atomic E-state index is -1.35. The van der Waals surface area contributed by atoms with E-state index in [-0.39, 0.29) is 41.3 Å². The van der Waals surface area contributed by atoms with Crippen LogP contribution in [0.4, 0.5) is 45.5 Å². The summed E-state index contributed by atoms with van der Waals surface area (Å²) in [6.07, 6.45) is 1.25. The molecule has 2 aliphatic carbocycles. The van der Waals surface area contributed by atoms with Crippen LogP contribution in [0.15, 0.2) is 48.0 Å². The van der Waals surface area contributed by atoms with Gasteiger partial charge in [0.05, 0.1) is 69.0 Å². The third kappa shape index (κ3) is 6.26. The first-order chi connectivity index (χ1) is 28.7. The Hall–Kier alpha value is -7.72. The molecule has 0 aromatic heterocycles. The van der Waals surface area contributed by atoms with E-state index in [0.717, 1.165) is 34.1 Å². The zero-order valence-electron chi connectivity index (χ0n) is 33.2. The number of ether oxygens (including phenoxy) is 2. The summed E-state index contributed by atoms with van der Waals surface area (Å²) in [6.45, 7) is 0. The number of fused-ring (bicyclic) bond motifs is 4. The van der Waals surface area contributed by atoms with Crippen molar-refractivity contribution in [1.82, 2.24) is 0 Å². The molecule has 4 aliphatic rings. The molecule has 0 bridgehead atoms. The number of aromatic hydroxyl groups is 1. The van der Waals surface area contributed by atoms with E-state index >= 15 is 0 Å². The van der Waals surface area contributed by atoms with Gasteiger partial charge in [-0.1, -0.05) is 11.6 Å². The van der Waals surface area contributed by atoms with E-state index in [0.29, 0.717) is 15.4 Å². The highest BCUT2D eigenvalue weighted by Gasteiger charge is 2.63. The van der Waals surface area contributed by atoms with Gasteiger partial charge >= 0.3 is 22.7 Å². The highest BCUT2D eigenvalue weighted by atomic mass is 16.6. The number of amides is 4. The van der Waals surface area contributed by atoms with Crippen LogP contribution in [0.2, 0.25) is 0 Å². The Morgan fingerprint density at radius 1 is 0.607 bits per heavy atom. The Morgan fingerprint density at radius 3 is 1.38 bits per heavy atom. The number of imide groups is 2. The molecule has 2 aliphatic heterocycles. The highest BCUT2D eigenvalue weighted by molar-refractivity contribution is 6.24. The number of carbonyl (C=O) groups excluding carboxylic acids is 4. The number of rotatable bonds is 11. The van der Waals surface area contributed by atoms with Gasteiger partial charge in [0.25, 0.3) is 0 Å². The number of phenols is 1. The fourth-order valence-corrected chi connectivity index (χ4v) is 9.56. The molecule has 3 fully saturated rings. The van der Waals surface area contributed by atoms with Crippen LogP contribution in [0.1, 0.15) is 24.3 Å². The number of nitro groups is 4. The van der Waals surface area contributed by atoms with Crippen molar-refractivity contribution in [3.8, 4) is 17.2 Å². The summed E-state index contributed by atoms with van der Waals surface area (Å²) in [5, 5.41) is 59.5. The third-order valence-electron chi connectivity index (χ3n) is 11.8. The molecule has 2 heterocycles. The van der Waals surface area contributed by atoms with Crippen molar-refractivity contribution < 1.29 is 53.5 Å². The summed E-state index contributed by atoms with van der Waals surface area (Å²) >= 11 is 0. The third-order valence-corrected chi connectivity index (χ3v) is 11.8. The summed E-state index contributed by atoms with van der Waals surface area (Å²) in [5.74, 6) is -11.1. The normalized spacial score (nSPS) is 22.9. The fourth-order valence-electron chi connectivity index (χ4n) is 9.56. The van der Waals surface area contributed by atoms with E-state index in [1.807, 2.05) is 0 Å². The molecule has 6 atom stereocenters. The van der Waals surface area contributed by atoms with E-state index in [9.17, 15) is 64.7 Å². The lowest BCUT2D eigenvalue weighted by atomic mass is 9.57. The van der Waals surface area contributed by atoms with Crippen LogP contribution >= 0.6 is 0 Å². The molecule has 3 aromatic rings. The maximum absolute atomic E-state index is 14.8. The Labute approximate surface area is 343 Å². The molecule has 2 saturated heterocycles. The molecule has 0 radical (unpaired) electrons. The van der Waals surface area contributed by atoms with Crippen molar-refractivity contribution in [2.24, 2.45) is 29.6 Å². The predicted molar refractivity (Wildman–Crippen MR) is 212 cm³/mol. The number of hydrogen-bond donors (Lipinski definition) is 1. The highest BCUT2D eigenvalue weighted by Crippen LogP contribution is 2.61. The predicted octanol–water partition coefficient (Wildman–Crippen LogP) is 4.22. The topological polar surface area (TPSA) is 292 Å². The lowest BCUT2D eigenvalue weighted by Crippen LogP contribution is -2.43. The van der Waals surface area contributed by atoms with Gasteiger partial charge in [0.1, 0.15) is 17.2 Å². The van der Waals surface area contributed by atoms with Gasteiger partial charge in [-0.2, -0.15) is 0 Å². The Kier molecular flexibility index (Phi) is 10.1. The first kappa shape index (κ1) is 41.4. The number of hydrogen-bond acceptors (Lipinski definition) is 17. The smallest absolute Gasteiger partial charge is 0.301 e. The second-order valence-corrected chi connectivity index (χ2v) is 15.3. The quantitative estimate of drug-likeness (QED) is 0.122. The van der Waals surface area contributed by atoms with Crippen LogP contribution in [-0.2, 0) is 19.2 Å². The number of anilines is 4. The van der Waals surface area contributed by atoms with E-state index in [4.69, 9.17) is 9.47 Å². The standard InChI is InChI=1S/C38H36N8O15/c1-39(2)33-23(43(52)53)9-16(10-24(33)44(54)55)41-35(48)20-8-7-19-21(29(20)37(41)50)15-22-31(30(19)32-27(60-5)13-18(47)14-28(32)61-6)38(51)42(36(22)49)17-11-25(45(56)57)34(40(3)4)26(12-17)46(58)59/h7,9-14,20-22,29-31,47H,8,15H2,1-6H3/t20-,21+,22+,29-,30-,31+/m0/s1. The molecule has 0 spiro atoms. The molecule has 0 unspecified atom stereocenters. The van der Waals surface area contributed by atoms with Crippen LogP contribution in [0.3, 0.4) is 0 Å². The number of phenolic OH excluding ortho intramolecular Hbond substituents is 1. The lowest BCUT2D eigenvalue weighted by Gasteiger charge is -2.44. The Morgan fingerprint density at radius 2 is 1.00 bits per heavy atom. The van der Waals surface area contributed by atoms with Gasteiger partial charge < -0.3 is 24.4 Å². The molecular weight excluding hydrogens is 808 g/mol. The van der Waals surface area contributed by atoms with E-state index in [1.54, 1.807) is 6.08 Å². The van der Waals surface area contributed by atoms with Crippen molar-refractivity contribution in [2.45, 2.75) is 18.8 Å². The first-order valence-corrected chi connectivity index (χ1v) is 18.4. The van der Waals surface area contributed by atoms with Crippen LogP contribution < -0.4 is 29.1 Å². The number of nitro benzene ring substituents is 4. The summed E-state index contributed by atoms with van der Waals surface area (Å²) in [5.41, 5.74) is -4.14. The molecule has 7 rings (SSSR count). The van der Waals surface area contributed by atoms with Crippen molar-refractivity contribution in [1.29, 1.82) is 0 Å². The van der Waals surface area contributed by atoms with E-state index in [2.05, 4.69) is 0 Å².